The van der Waals surface area contributed by atoms with Gasteiger partial charge in [0.1, 0.15) is 0 Å². The monoisotopic (exact) mass is 262 g/mol. The zero-order chi connectivity index (χ0) is 12.3. The van der Waals surface area contributed by atoms with Crippen LogP contribution in [-0.4, -0.2) is 0 Å². The van der Waals surface area contributed by atoms with Gasteiger partial charge < -0.3 is 0 Å². The van der Waals surface area contributed by atoms with E-state index in [9.17, 15) is 0 Å². The van der Waals surface area contributed by atoms with Crippen LogP contribution in [-0.2, 0) is 6.42 Å². The summed E-state index contributed by atoms with van der Waals surface area (Å²) >= 11 is 7.73. The van der Waals surface area contributed by atoms with E-state index in [4.69, 9.17) is 11.6 Å². The van der Waals surface area contributed by atoms with Crippen molar-refractivity contribution in [3.63, 3.8) is 0 Å². The third kappa shape index (κ3) is 3.27. The lowest BCUT2D eigenvalue weighted by molar-refractivity contribution is 1.13. The minimum Gasteiger partial charge on any atom is -0.0898 e. The van der Waals surface area contributed by atoms with Gasteiger partial charge in [-0.15, -0.1) is 0 Å². The van der Waals surface area contributed by atoms with Crippen LogP contribution in [0.2, 0.25) is 5.02 Å². The molecule has 0 aromatic heterocycles. The highest BCUT2D eigenvalue weighted by molar-refractivity contribution is 7.99. The highest BCUT2D eigenvalue weighted by Gasteiger charge is 2.02. The summed E-state index contributed by atoms with van der Waals surface area (Å²) in [7, 11) is 0. The Hall–Kier alpha value is -0.920. The van der Waals surface area contributed by atoms with Crippen LogP contribution in [0.1, 0.15) is 18.1 Å². The van der Waals surface area contributed by atoms with Crippen LogP contribution in [0.4, 0.5) is 0 Å². The molecule has 0 atom stereocenters. The molecule has 0 saturated carbocycles. The van der Waals surface area contributed by atoms with E-state index in [0.717, 1.165) is 11.4 Å². The molecule has 0 aliphatic carbocycles. The summed E-state index contributed by atoms with van der Waals surface area (Å²) in [5.41, 5.74) is 2.60. The highest BCUT2D eigenvalue weighted by atomic mass is 35.5. The second-order valence-corrected chi connectivity index (χ2v) is 5.56. The van der Waals surface area contributed by atoms with Gasteiger partial charge in [0.25, 0.3) is 0 Å². The summed E-state index contributed by atoms with van der Waals surface area (Å²) in [5.74, 6) is 0. The Morgan fingerprint density at radius 3 is 2.35 bits per heavy atom. The lowest BCUT2D eigenvalue weighted by Crippen LogP contribution is -1.82. The number of benzene rings is 2. The van der Waals surface area contributed by atoms with Gasteiger partial charge in [-0.2, -0.15) is 0 Å². The highest BCUT2D eigenvalue weighted by Crippen LogP contribution is 2.31. The predicted molar refractivity (Wildman–Crippen MR) is 76.1 cm³/mol. The second-order valence-electron chi connectivity index (χ2n) is 4.01. The number of halogens is 1. The molecule has 2 aromatic carbocycles. The minimum absolute atomic E-state index is 0.799. The fraction of sp³-hybridized carbons (Fsp3) is 0.200. The second kappa shape index (κ2) is 5.61. The van der Waals surface area contributed by atoms with Crippen LogP contribution in [0.3, 0.4) is 0 Å². The minimum atomic E-state index is 0.799. The molecule has 0 aliphatic heterocycles. The van der Waals surface area contributed by atoms with Gasteiger partial charge in [-0.05, 0) is 54.8 Å². The van der Waals surface area contributed by atoms with Gasteiger partial charge in [-0.25, -0.2) is 0 Å². The standard InChI is InChI=1S/C15H15ClS/c1-3-12-4-7-14(8-5-12)17-15-9-6-13(16)10-11(15)2/h4-10H,3H2,1-2H3. The molecule has 0 N–H and O–H groups in total. The first kappa shape index (κ1) is 12.5. The lowest BCUT2D eigenvalue weighted by Gasteiger charge is -2.06. The van der Waals surface area contributed by atoms with Crippen molar-refractivity contribution in [3.8, 4) is 0 Å². The molecular weight excluding hydrogens is 248 g/mol. The van der Waals surface area contributed by atoms with E-state index in [1.54, 1.807) is 11.8 Å². The maximum atomic E-state index is 5.95. The average Bonchev–Trinajstić information content (AvgIpc) is 2.34. The fourth-order valence-electron chi connectivity index (χ4n) is 1.65. The van der Waals surface area contributed by atoms with E-state index in [1.165, 1.54) is 20.9 Å². The zero-order valence-electron chi connectivity index (χ0n) is 10.0. The van der Waals surface area contributed by atoms with Crippen molar-refractivity contribution in [2.24, 2.45) is 0 Å². The van der Waals surface area contributed by atoms with Crippen LogP contribution in [0.5, 0.6) is 0 Å². The topological polar surface area (TPSA) is 0 Å². The SMILES string of the molecule is CCc1ccc(Sc2ccc(Cl)cc2C)cc1. The third-order valence-electron chi connectivity index (χ3n) is 2.70. The Balaban J connectivity index is 2.19. The summed E-state index contributed by atoms with van der Waals surface area (Å²) in [5, 5.41) is 0.799. The Bertz CT molecular complexity index is 503. The van der Waals surface area contributed by atoms with Crippen molar-refractivity contribution in [2.45, 2.75) is 30.1 Å². The maximum Gasteiger partial charge on any atom is 0.0409 e. The van der Waals surface area contributed by atoms with Crippen LogP contribution in [0.25, 0.3) is 0 Å². The summed E-state index contributed by atoms with van der Waals surface area (Å²) in [4.78, 5) is 2.53. The van der Waals surface area contributed by atoms with Gasteiger partial charge in [-0.1, -0.05) is 42.4 Å². The number of rotatable bonds is 3. The zero-order valence-corrected chi connectivity index (χ0v) is 11.6. The van der Waals surface area contributed by atoms with E-state index >= 15 is 0 Å². The number of hydrogen-bond donors (Lipinski definition) is 0. The Morgan fingerprint density at radius 1 is 1.06 bits per heavy atom. The van der Waals surface area contributed by atoms with Gasteiger partial charge in [0.15, 0.2) is 0 Å². The molecule has 0 fully saturated rings. The van der Waals surface area contributed by atoms with Crippen molar-refractivity contribution in [3.05, 3.63) is 58.6 Å². The Labute approximate surface area is 112 Å². The Morgan fingerprint density at radius 2 is 1.76 bits per heavy atom. The van der Waals surface area contributed by atoms with E-state index in [1.807, 2.05) is 12.1 Å². The molecule has 2 heteroatoms. The van der Waals surface area contributed by atoms with Crippen LogP contribution >= 0.6 is 23.4 Å². The first-order chi connectivity index (χ1) is 8.19. The molecule has 0 spiro atoms. The third-order valence-corrected chi connectivity index (χ3v) is 4.12. The predicted octanol–water partition coefficient (Wildman–Crippen LogP) is 5.36. The molecule has 0 aliphatic rings. The van der Waals surface area contributed by atoms with E-state index < -0.39 is 0 Å². The van der Waals surface area contributed by atoms with E-state index in [-0.39, 0.29) is 0 Å². The van der Waals surface area contributed by atoms with Gasteiger partial charge in [-0.3, -0.25) is 0 Å². The molecule has 0 saturated heterocycles. The molecule has 0 bridgehead atoms. The summed E-state index contributed by atoms with van der Waals surface area (Å²) in [6.07, 6.45) is 1.09. The van der Waals surface area contributed by atoms with E-state index in [2.05, 4.69) is 44.2 Å². The number of aryl methyl sites for hydroxylation is 2. The quantitative estimate of drug-likeness (QED) is 0.717. The molecule has 0 heterocycles. The fourth-order valence-corrected chi connectivity index (χ4v) is 2.76. The van der Waals surface area contributed by atoms with E-state index in [0.29, 0.717) is 0 Å². The average molecular weight is 263 g/mol. The normalized spacial score (nSPS) is 10.5. The molecule has 17 heavy (non-hydrogen) atoms. The first-order valence-electron chi connectivity index (χ1n) is 5.72. The smallest absolute Gasteiger partial charge is 0.0409 e. The maximum absolute atomic E-state index is 5.95. The summed E-state index contributed by atoms with van der Waals surface area (Å²) < 4.78 is 0. The molecule has 0 amide bonds. The Kier molecular flexibility index (Phi) is 4.14. The molecule has 0 unspecified atom stereocenters. The van der Waals surface area contributed by atoms with Crippen molar-refractivity contribution in [1.29, 1.82) is 0 Å². The van der Waals surface area contributed by atoms with Crippen LogP contribution < -0.4 is 0 Å². The van der Waals surface area contributed by atoms with Crippen molar-refractivity contribution < 1.29 is 0 Å². The van der Waals surface area contributed by atoms with Gasteiger partial charge >= 0.3 is 0 Å². The summed E-state index contributed by atoms with van der Waals surface area (Å²) in [6, 6.07) is 14.8. The van der Waals surface area contributed by atoms with Gasteiger partial charge in [0.05, 0.1) is 0 Å². The van der Waals surface area contributed by atoms with Crippen molar-refractivity contribution >= 4 is 23.4 Å². The van der Waals surface area contributed by atoms with Crippen LogP contribution in [0.15, 0.2) is 52.3 Å². The molecule has 2 aromatic rings. The van der Waals surface area contributed by atoms with Gasteiger partial charge in [0.2, 0.25) is 0 Å². The largest absolute Gasteiger partial charge is 0.0898 e. The molecule has 0 radical (unpaired) electrons. The van der Waals surface area contributed by atoms with Crippen molar-refractivity contribution in [2.75, 3.05) is 0 Å². The molecule has 88 valence electrons. The molecule has 0 nitrogen and oxygen atoms in total. The number of hydrogen-bond acceptors (Lipinski definition) is 1. The van der Waals surface area contributed by atoms with Crippen LogP contribution in [0, 0.1) is 6.92 Å². The van der Waals surface area contributed by atoms with Crippen molar-refractivity contribution in [1.82, 2.24) is 0 Å². The lowest BCUT2D eigenvalue weighted by atomic mass is 10.2. The molecule has 2 rings (SSSR count). The van der Waals surface area contributed by atoms with Gasteiger partial charge in [0, 0.05) is 14.8 Å². The first-order valence-corrected chi connectivity index (χ1v) is 6.91. The molecular formula is C15H15ClS. The summed E-state index contributed by atoms with van der Waals surface area (Å²) in [6.45, 7) is 4.26.